The zero-order valence-electron chi connectivity index (χ0n) is 16.8. The number of hydrogen-bond acceptors (Lipinski definition) is 4. The molecule has 1 aromatic rings. The van der Waals surface area contributed by atoms with Gasteiger partial charge >= 0.3 is 0 Å². The van der Waals surface area contributed by atoms with Gasteiger partial charge in [0.15, 0.2) is 5.96 Å². The predicted molar refractivity (Wildman–Crippen MR) is 111 cm³/mol. The Morgan fingerprint density at radius 2 is 1.96 bits per heavy atom. The summed E-state index contributed by atoms with van der Waals surface area (Å²) in [5.41, 5.74) is 4.24. The van der Waals surface area contributed by atoms with Crippen molar-refractivity contribution in [3.05, 3.63) is 34.9 Å². The number of aliphatic imine (C=N–C) groups is 1. The van der Waals surface area contributed by atoms with E-state index in [2.05, 4.69) is 40.7 Å². The summed E-state index contributed by atoms with van der Waals surface area (Å²) >= 11 is 0. The zero-order valence-corrected chi connectivity index (χ0v) is 17.6. The molecule has 1 unspecified atom stereocenters. The van der Waals surface area contributed by atoms with Gasteiger partial charge in [-0.1, -0.05) is 18.2 Å². The van der Waals surface area contributed by atoms with Gasteiger partial charge in [-0.2, -0.15) is 0 Å². The Hall–Kier alpha value is -1.60. The lowest BCUT2D eigenvalue weighted by atomic mass is 9.89. The van der Waals surface area contributed by atoms with E-state index in [1.807, 2.05) is 6.92 Å². The second-order valence-electron chi connectivity index (χ2n) is 7.10. The summed E-state index contributed by atoms with van der Waals surface area (Å²) in [6, 6.07) is 6.95. The highest BCUT2D eigenvalue weighted by molar-refractivity contribution is 7.90. The third-order valence-electron chi connectivity index (χ3n) is 4.67. The van der Waals surface area contributed by atoms with E-state index in [4.69, 9.17) is 4.74 Å². The summed E-state index contributed by atoms with van der Waals surface area (Å²) < 4.78 is 27.5. The number of rotatable bonds is 9. The van der Waals surface area contributed by atoms with E-state index in [9.17, 15) is 8.42 Å². The quantitative estimate of drug-likeness (QED) is 0.381. The highest BCUT2D eigenvalue weighted by Gasteiger charge is 2.13. The fourth-order valence-corrected chi connectivity index (χ4v) is 3.59. The molecule has 27 heavy (non-hydrogen) atoms. The molecule has 0 saturated heterocycles. The zero-order chi connectivity index (χ0) is 19.7. The van der Waals surface area contributed by atoms with Crippen LogP contribution in [-0.4, -0.2) is 52.7 Å². The normalized spacial score (nSPS) is 15.9. The maximum absolute atomic E-state index is 11.1. The van der Waals surface area contributed by atoms with Crippen molar-refractivity contribution in [2.75, 3.05) is 38.3 Å². The molecule has 0 saturated carbocycles. The van der Waals surface area contributed by atoms with Crippen LogP contribution in [0.5, 0.6) is 0 Å². The summed E-state index contributed by atoms with van der Waals surface area (Å²) in [6.45, 7) is 6.04. The number of guanidine groups is 1. The van der Waals surface area contributed by atoms with Gasteiger partial charge in [0.05, 0.1) is 31.6 Å². The molecule has 1 aliphatic rings. The lowest BCUT2D eigenvalue weighted by molar-refractivity contribution is 0.157. The molecule has 0 aromatic heterocycles. The molecule has 0 fully saturated rings. The minimum atomic E-state index is -2.98. The monoisotopic (exact) mass is 395 g/mol. The van der Waals surface area contributed by atoms with E-state index >= 15 is 0 Å². The highest BCUT2D eigenvalue weighted by atomic mass is 32.2. The van der Waals surface area contributed by atoms with Crippen molar-refractivity contribution in [3.63, 3.8) is 0 Å². The second-order valence-corrected chi connectivity index (χ2v) is 9.36. The first-order valence-electron chi connectivity index (χ1n) is 9.81. The summed E-state index contributed by atoms with van der Waals surface area (Å²) in [4.78, 5) is 4.52. The summed E-state index contributed by atoms with van der Waals surface area (Å²) in [6.07, 6.45) is 6.16. The Balaban J connectivity index is 1.86. The number of fused-ring (bicyclic) bond motifs is 1. The molecular weight excluding hydrogens is 362 g/mol. The highest BCUT2D eigenvalue weighted by Crippen LogP contribution is 2.24. The molecule has 2 rings (SSSR count). The van der Waals surface area contributed by atoms with Crippen LogP contribution >= 0.6 is 0 Å². The minimum Gasteiger partial charge on any atom is -0.378 e. The summed E-state index contributed by atoms with van der Waals surface area (Å²) in [5, 5.41) is 6.69. The van der Waals surface area contributed by atoms with Gasteiger partial charge in [0, 0.05) is 12.8 Å². The van der Waals surface area contributed by atoms with Gasteiger partial charge in [-0.15, -0.1) is 0 Å². The van der Waals surface area contributed by atoms with Gasteiger partial charge in [-0.05, 0) is 56.2 Å². The SMILES string of the molecule is CCNC(=NCCOCCS(C)(=O)=O)NC(C)c1ccc2c(c1)CCCC2. The smallest absolute Gasteiger partial charge is 0.191 e. The average Bonchev–Trinajstić information content (AvgIpc) is 2.63. The number of ether oxygens (including phenoxy) is 1. The first kappa shape index (κ1) is 21.7. The van der Waals surface area contributed by atoms with Crippen molar-refractivity contribution >= 4 is 15.8 Å². The lowest BCUT2D eigenvalue weighted by Crippen LogP contribution is -2.39. The van der Waals surface area contributed by atoms with Crippen molar-refractivity contribution in [1.29, 1.82) is 0 Å². The summed E-state index contributed by atoms with van der Waals surface area (Å²) in [5.74, 6) is 0.791. The van der Waals surface area contributed by atoms with E-state index in [-0.39, 0.29) is 18.4 Å². The van der Waals surface area contributed by atoms with Crippen molar-refractivity contribution in [1.82, 2.24) is 10.6 Å². The van der Waals surface area contributed by atoms with Crippen molar-refractivity contribution in [2.45, 2.75) is 45.6 Å². The number of aryl methyl sites for hydroxylation is 2. The fraction of sp³-hybridized carbons (Fsp3) is 0.650. The first-order chi connectivity index (χ1) is 12.9. The molecule has 7 heteroatoms. The topological polar surface area (TPSA) is 79.8 Å². The largest absolute Gasteiger partial charge is 0.378 e. The minimum absolute atomic E-state index is 0.0460. The molecule has 0 spiro atoms. The number of nitrogens with zero attached hydrogens (tertiary/aromatic N) is 1. The molecule has 1 atom stereocenters. The number of sulfone groups is 1. The number of nitrogens with one attached hydrogen (secondary N) is 2. The molecule has 0 radical (unpaired) electrons. The molecule has 152 valence electrons. The van der Waals surface area contributed by atoms with E-state index in [1.165, 1.54) is 48.6 Å². The average molecular weight is 396 g/mol. The molecular formula is C20H33N3O3S. The van der Waals surface area contributed by atoms with Crippen molar-refractivity contribution in [3.8, 4) is 0 Å². The van der Waals surface area contributed by atoms with Crippen LogP contribution in [0.15, 0.2) is 23.2 Å². The van der Waals surface area contributed by atoms with Crippen LogP contribution in [0.4, 0.5) is 0 Å². The Bertz CT molecular complexity index is 732. The molecule has 0 amide bonds. The van der Waals surface area contributed by atoms with Crippen LogP contribution in [0, 0.1) is 0 Å². The first-order valence-corrected chi connectivity index (χ1v) is 11.9. The van der Waals surface area contributed by atoms with Gasteiger partial charge < -0.3 is 15.4 Å². The second kappa shape index (κ2) is 10.7. The van der Waals surface area contributed by atoms with Gasteiger partial charge in [-0.3, -0.25) is 4.99 Å². The van der Waals surface area contributed by atoms with Crippen LogP contribution < -0.4 is 10.6 Å². The van der Waals surface area contributed by atoms with E-state index in [0.717, 1.165) is 12.5 Å². The molecule has 6 nitrogen and oxygen atoms in total. The maximum atomic E-state index is 11.1. The van der Waals surface area contributed by atoms with Gasteiger partial charge in [-0.25, -0.2) is 8.42 Å². The number of benzene rings is 1. The van der Waals surface area contributed by atoms with E-state index in [1.54, 1.807) is 0 Å². The molecule has 0 aliphatic heterocycles. The van der Waals surface area contributed by atoms with Crippen molar-refractivity contribution < 1.29 is 13.2 Å². The molecule has 1 aromatic carbocycles. The van der Waals surface area contributed by atoms with Crippen molar-refractivity contribution in [2.24, 2.45) is 4.99 Å². The molecule has 0 heterocycles. The van der Waals surface area contributed by atoms with Gasteiger partial charge in [0.2, 0.25) is 0 Å². The Morgan fingerprint density at radius 1 is 1.22 bits per heavy atom. The Labute approximate surface area is 163 Å². The molecule has 0 bridgehead atoms. The Morgan fingerprint density at radius 3 is 2.67 bits per heavy atom. The van der Waals surface area contributed by atoms with E-state index in [0.29, 0.717) is 13.2 Å². The van der Waals surface area contributed by atoms with Crippen LogP contribution in [0.25, 0.3) is 0 Å². The third kappa shape index (κ3) is 7.89. The van der Waals surface area contributed by atoms with Gasteiger partial charge in [0.1, 0.15) is 9.84 Å². The van der Waals surface area contributed by atoms with Crippen LogP contribution in [0.2, 0.25) is 0 Å². The predicted octanol–water partition coefficient (Wildman–Crippen LogP) is 2.24. The van der Waals surface area contributed by atoms with Crippen LogP contribution in [-0.2, 0) is 27.4 Å². The molecule has 2 N–H and O–H groups in total. The van der Waals surface area contributed by atoms with Crippen LogP contribution in [0.1, 0.15) is 49.4 Å². The van der Waals surface area contributed by atoms with E-state index < -0.39 is 9.84 Å². The fourth-order valence-electron chi connectivity index (χ4n) is 3.17. The van der Waals surface area contributed by atoms with Gasteiger partial charge in [0.25, 0.3) is 0 Å². The molecule has 1 aliphatic carbocycles. The standard InChI is InChI=1S/C20H33N3O3S/c1-4-21-20(22-11-12-26-13-14-27(3,24)25)23-16(2)18-10-9-17-7-5-6-8-19(17)15-18/h9-10,15-16H,4-8,11-14H2,1-3H3,(H2,21,22,23). The number of hydrogen-bond donors (Lipinski definition) is 2. The van der Waals surface area contributed by atoms with Crippen LogP contribution in [0.3, 0.4) is 0 Å². The lowest BCUT2D eigenvalue weighted by Gasteiger charge is -2.21. The Kier molecular flexibility index (Phi) is 8.57. The third-order valence-corrected chi connectivity index (χ3v) is 5.58. The maximum Gasteiger partial charge on any atom is 0.191 e. The summed E-state index contributed by atoms with van der Waals surface area (Å²) in [7, 11) is -2.98.